The molecule has 4 aliphatic rings. The van der Waals surface area contributed by atoms with E-state index in [9.17, 15) is 9.59 Å². The SMILES string of the molecule is C=CC1(C)CCC2(C)C(CCC3(C)C(C=O)=C4OC(=O)C=C4CC32)C1. The van der Waals surface area contributed by atoms with Crippen LogP contribution in [0.4, 0.5) is 0 Å². The minimum atomic E-state index is -0.323. The minimum Gasteiger partial charge on any atom is -0.423 e. The first kappa shape index (κ1) is 16.8. The van der Waals surface area contributed by atoms with Crippen LogP contribution in [-0.2, 0) is 14.3 Å². The highest BCUT2D eigenvalue weighted by Crippen LogP contribution is 2.67. The largest absolute Gasteiger partial charge is 0.423 e. The van der Waals surface area contributed by atoms with Crippen LogP contribution in [0.5, 0.6) is 0 Å². The Morgan fingerprint density at radius 3 is 2.68 bits per heavy atom. The molecule has 0 bridgehead atoms. The number of ether oxygens (including phenoxy) is 1. The zero-order valence-electron chi connectivity index (χ0n) is 15.6. The summed E-state index contributed by atoms with van der Waals surface area (Å²) in [6.07, 6.45) is 11.2. The van der Waals surface area contributed by atoms with Gasteiger partial charge < -0.3 is 4.74 Å². The third-order valence-electron chi connectivity index (χ3n) is 8.14. The number of carbonyl (C=O) groups is 2. The van der Waals surface area contributed by atoms with Crippen molar-refractivity contribution in [2.24, 2.45) is 28.1 Å². The number of allylic oxidation sites excluding steroid dienone is 3. The number of fused-ring (bicyclic) bond motifs is 4. The van der Waals surface area contributed by atoms with E-state index in [1.165, 1.54) is 6.42 Å². The van der Waals surface area contributed by atoms with Gasteiger partial charge in [-0.1, -0.05) is 26.8 Å². The molecule has 0 aromatic heterocycles. The first-order valence-corrected chi connectivity index (χ1v) is 9.52. The maximum absolute atomic E-state index is 12.0. The van der Waals surface area contributed by atoms with Gasteiger partial charge in [0.1, 0.15) is 12.0 Å². The molecule has 2 saturated carbocycles. The topological polar surface area (TPSA) is 43.4 Å². The molecule has 1 aliphatic heterocycles. The maximum atomic E-state index is 12.0. The first-order chi connectivity index (χ1) is 11.8. The third kappa shape index (κ3) is 2.17. The normalized spacial score (nSPS) is 45.7. The van der Waals surface area contributed by atoms with Crippen LogP contribution in [0.25, 0.3) is 0 Å². The van der Waals surface area contributed by atoms with Crippen molar-refractivity contribution in [3.8, 4) is 0 Å². The Bertz CT molecular complexity index is 730. The summed E-state index contributed by atoms with van der Waals surface area (Å²) in [6.45, 7) is 11.0. The van der Waals surface area contributed by atoms with Crippen molar-refractivity contribution in [1.29, 1.82) is 0 Å². The maximum Gasteiger partial charge on any atom is 0.336 e. The molecule has 0 radical (unpaired) electrons. The summed E-state index contributed by atoms with van der Waals surface area (Å²) in [4.78, 5) is 23.8. The Balaban J connectivity index is 1.79. The lowest BCUT2D eigenvalue weighted by Crippen LogP contribution is -2.54. The van der Waals surface area contributed by atoms with Crippen LogP contribution < -0.4 is 0 Å². The molecule has 5 atom stereocenters. The molecule has 3 aliphatic carbocycles. The van der Waals surface area contributed by atoms with Gasteiger partial charge >= 0.3 is 5.97 Å². The number of hydrogen-bond acceptors (Lipinski definition) is 3. The van der Waals surface area contributed by atoms with Crippen molar-refractivity contribution in [2.45, 2.75) is 59.3 Å². The van der Waals surface area contributed by atoms with Crippen molar-refractivity contribution in [3.05, 3.63) is 35.6 Å². The molecule has 1 heterocycles. The fourth-order valence-corrected chi connectivity index (χ4v) is 6.34. The van der Waals surface area contributed by atoms with E-state index in [1.54, 1.807) is 6.08 Å². The molecule has 3 heteroatoms. The van der Waals surface area contributed by atoms with E-state index in [2.05, 4.69) is 33.4 Å². The Kier molecular flexibility index (Phi) is 3.49. The van der Waals surface area contributed by atoms with E-state index in [4.69, 9.17) is 4.74 Å². The second-order valence-electron chi connectivity index (χ2n) is 9.43. The van der Waals surface area contributed by atoms with Crippen molar-refractivity contribution in [1.82, 2.24) is 0 Å². The van der Waals surface area contributed by atoms with Gasteiger partial charge in [0, 0.05) is 22.6 Å². The Morgan fingerprint density at radius 2 is 2.00 bits per heavy atom. The van der Waals surface area contributed by atoms with Crippen molar-refractivity contribution in [2.75, 3.05) is 0 Å². The minimum absolute atomic E-state index is 0.188. The molecule has 0 amide bonds. The molecular formula is C22H28O3. The smallest absolute Gasteiger partial charge is 0.336 e. The van der Waals surface area contributed by atoms with Gasteiger partial charge in [-0.15, -0.1) is 6.58 Å². The molecule has 0 aromatic rings. The first-order valence-electron chi connectivity index (χ1n) is 9.52. The Morgan fingerprint density at radius 1 is 1.24 bits per heavy atom. The summed E-state index contributed by atoms with van der Waals surface area (Å²) in [5.41, 5.74) is 1.90. The molecule has 5 unspecified atom stereocenters. The zero-order valence-corrected chi connectivity index (χ0v) is 15.6. The number of hydrogen-bond donors (Lipinski definition) is 0. The predicted molar refractivity (Wildman–Crippen MR) is 96.5 cm³/mol. The molecule has 25 heavy (non-hydrogen) atoms. The monoisotopic (exact) mass is 340 g/mol. The molecule has 3 nitrogen and oxygen atoms in total. The van der Waals surface area contributed by atoms with Crippen LogP contribution in [0.1, 0.15) is 59.3 Å². The van der Waals surface area contributed by atoms with Crippen LogP contribution in [0, 0.1) is 28.1 Å². The average molecular weight is 340 g/mol. The highest BCUT2D eigenvalue weighted by molar-refractivity contribution is 5.91. The summed E-state index contributed by atoms with van der Waals surface area (Å²) in [6, 6.07) is 0. The van der Waals surface area contributed by atoms with Gasteiger partial charge in [0.2, 0.25) is 0 Å². The van der Waals surface area contributed by atoms with E-state index in [0.29, 0.717) is 17.6 Å². The molecule has 4 rings (SSSR count). The van der Waals surface area contributed by atoms with E-state index in [-0.39, 0.29) is 22.2 Å². The standard InChI is InChI=1S/C22H28O3/c1-5-20(2)8-9-21(3)15(12-20)6-7-22(4)16(13-23)19-14(10-17(21)22)11-18(24)25-19/h5,11,13,15,17H,1,6-10,12H2,2-4H3. The highest BCUT2D eigenvalue weighted by Gasteiger charge is 2.60. The number of aldehydes is 1. The summed E-state index contributed by atoms with van der Waals surface area (Å²) in [5, 5.41) is 0. The highest BCUT2D eigenvalue weighted by atomic mass is 16.5. The van der Waals surface area contributed by atoms with Crippen LogP contribution in [0.2, 0.25) is 0 Å². The van der Waals surface area contributed by atoms with Gasteiger partial charge in [-0.05, 0) is 61.2 Å². The van der Waals surface area contributed by atoms with E-state index in [0.717, 1.165) is 49.5 Å². The van der Waals surface area contributed by atoms with Crippen molar-refractivity contribution < 1.29 is 14.3 Å². The summed E-state index contributed by atoms with van der Waals surface area (Å²) in [5.74, 6) is 1.27. The van der Waals surface area contributed by atoms with Crippen LogP contribution in [0.15, 0.2) is 35.6 Å². The average Bonchev–Trinajstić information content (AvgIpc) is 2.94. The van der Waals surface area contributed by atoms with Crippen LogP contribution >= 0.6 is 0 Å². The predicted octanol–water partition coefficient (Wildman–Crippen LogP) is 4.74. The lowest BCUT2D eigenvalue weighted by Gasteiger charge is -2.62. The molecule has 134 valence electrons. The fraction of sp³-hybridized carbons (Fsp3) is 0.636. The van der Waals surface area contributed by atoms with Gasteiger partial charge in [0.25, 0.3) is 0 Å². The number of esters is 1. The van der Waals surface area contributed by atoms with Gasteiger partial charge in [0.05, 0.1) is 0 Å². The molecule has 0 spiro atoms. The van der Waals surface area contributed by atoms with Gasteiger partial charge in [0.15, 0.2) is 0 Å². The quantitative estimate of drug-likeness (QED) is 0.414. The molecule has 0 saturated heterocycles. The Labute approximate surface area is 150 Å². The lowest BCUT2D eigenvalue weighted by atomic mass is 9.42. The van der Waals surface area contributed by atoms with E-state index >= 15 is 0 Å². The third-order valence-corrected chi connectivity index (χ3v) is 8.14. The Hall–Kier alpha value is -1.64. The second kappa shape index (κ2) is 5.18. The summed E-state index contributed by atoms with van der Waals surface area (Å²) < 4.78 is 5.41. The van der Waals surface area contributed by atoms with Crippen molar-refractivity contribution >= 4 is 12.3 Å². The fourth-order valence-electron chi connectivity index (χ4n) is 6.34. The summed E-state index contributed by atoms with van der Waals surface area (Å²) in [7, 11) is 0. The van der Waals surface area contributed by atoms with E-state index in [1.807, 2.05) is 0 Å². The van der Waals surface area contributed by atoms with E-state index < -0.39 is 0 Å². The van der Waals surface area contributed by atoms with Gasteiger partial charge in [-0.2, -0.15) is 0 Å². The molecule has 0 aromatic carbocycles. The molecule has 0 N–H and O–H groups in total. The molecule has 2 fully saturated rings. The number of carbonyl (C=O) groups excluding carboxylic acids is 2. The van der Waals surface area contributed by atoms with Crippen LogP contribution in [-0.4, -0.2) is 12.3 Å². The van der Waals surface area contributed by atoms with Gasteiger partial charge in [-0.25, -0.2) is 4.79 Å². The van der Waals surface area contributed by atoms with Crippen LogP contribution in [0.3, 0.4) is 0 Å². The second-order valence-corrected chi connectivity index (χ2v) is 9.43. The lowest BCUT2D eigenvalue weighted by molar-refractivity contribution is -0.133. The summed E-state index contributed by atoms with van der Waals surface area (Å²) >= 11 is 0. The molecular weight excluding hydrogens is 312 g/mol. The van der Waals surface area contributed by atoms with Gasteiger partial charge in [-0.3, -0.25) is 4.79 Å². The zero-order chi connectivity index (χ0) is 18.0. The van der Waals surface area contributed by atoms with Crippen molar-refractivity contribution in [3.63, 3.8) is 0 Å². The number of rotatable bonds is 2.